The normalized spacial score (nSPS) is 16.5. The first-order chi connectivity index (χ1) is 15.0. The van der Waals surface area contributed by atoms with Crippen LogP contribution in [0, 0.1) is 6.92 Å². The second-order valence-electron chi connectivity index (χ2n) is 8.16. The van der Waals surface area contributed by atoms with Crippen LogP contribution in [-0.4, -0.2) is 68.1 Å². The SMILES string of the molecule is COC(=O)c1ccc(C)c(NC(=O)CN2CCN(Cc3ccc4c(c3)CCO4)CC2)c1. The van der Waals surface area contributed by atoms with E-state index >= 15 is 0 Å². The molecule has 31 heavy (non-hydrogen) atoms. The third-order valence-electron chi connectivity index (χ3n) is 5.92. The van der Waals surface area contributed by atoms with E-state index in [0.717, 1.165) is 57.1 Å². The van der Waals surface area contributed by atoms with Crippen LogP contribution in [0.25, 0.3) is 0 Å². The third kappa shape index (κ3) is 5.24. The molecule has 0 bridgehead atoms. The number of hydrogen-bond donors (Lipinski definition) is 1. The Kier molecular flexibility index (Phi) is 6.53. The maximum absolute atomic E-state index is 12.6. The highest BCUT2D eigenvalue weighted by atomic mass is 16.5. The highest BCUT2D eigenvalue weighted by Crippen LogP contribution is 2.26. The van der Waals surface area contributed by atoms with Crippen molar-refractivity contribution in [3.8, 4) is 5.75 Å². The molecule has 1 saturated heterocycles. The molecule has 1 fully saturated rings. The number of aryl methyl sites for hydroxylation is 1. The minimum absolute atomic E-state index is 0.0720. The van der Waals surface area contributed by atoms with Gasteiger partial charge < -0.3 is 14.8 Å². The van der Waals surface area contributed by atoms with E-state index in [0.29, 0.717) is 17.8 Å². The lowest BCUT2D eigenvalue weighted by Crippen LogP contribution is -2.48. The molecule has 1 amide bonds. The maximum Gasteiger partial charge on any atom is 0.337 e. The fourth-order valence-corrected chi connectivity index (χ4v) is 4.10. The summed E-state index contributed by atoms with van der Waals surface area (Å²) in [4.78, 5) is 28.9. The molecule has 0 unspecified atom stereocenters. The first-order valence-electron chi connectivity index (χ1n) is 10.7. The summed E-state index contributed by atoms with van der Waals surface area (Å²) in [6, 6.07) is 11.7. The van der Waals surface area contributed by atoms with E-state index in [2.05, 4.69) is 33.3 Å². The molecule has 0 spiro atoms. The van der Waals surface area contributed by atoms with Gasteiger partial charge in [0.15, 0.2) is 0 Å². The monoisotopic (exact) mass is 423 g/mol. The van der Waals surface area contributed by atoms with Gasteiger partial charge in [-0.25, -0.2) is 4.79 Å². The number of anilines is 1. The molecule has 0 radical (unpaired) electrons. The van der Waals surface area contributed by atoms with E-state index in [9.17, 15) is 9.59 Å². The highest BCUT2D eigenvalue weighted by molar-refractivity contribution is 5.96. The van der Waals surface area contributed by atoms with Gasteiger partial charge in [-0.3, -0.25) is 14.6 Å². The van der Waals surface area contributed by atoms with Crippen molar-refractivity contribution < 1.29 is 19.1 Å². The minimum atomic E-state index is -0.414. The molecule has 1 N–H and O–H groups in total. The smallest absolute Gasteiger partial charge is 0.337 e. The molecule has 0 saturated carbocycles. The molecule has 2 heterocycles. The fourth-order valence-electron chi connectivity index (χ4n) is 4.10. The number of methoxy groups -OCH3 is 1. The summed E-state index contributed by atoms with van der Waals surface area (Å²) in [5.41, 5.74) is 4.60. The van der Waals surface area contributed by atoms with E-state index < -0.39 is 5.97 Å². The zero-order valence-corrected chi connectivity index (χ0v) is 18.1. The van der Waals surface area contributed by atoms with Gasteiger partial charge in [-0.05, 0) is 41.8 Å². The second-order valence-corrected chi connectivity index (χ2v) is 8.16. The van der Waals surface area contributed by atoms with Gasteiger partial charge in [0.1, 0.15) is 5.75 Å². The molecular formula is C24H29N3O4. The Morgan fingerprint density at radius 2 is 1.84 bits per heavy atom. The summed E-state index contributed by atoms with van der Waals surface area (Å²) in [6.07, 6.45) is 0.994. The van der Waals surface area contributed by atoms with Crippen molar-refractivity contribution >= 4 is 17.6 Å². The topological polar surface area (TPSA) is 71.1 Å². The van der Waals surface area contributed by atoms with E-state index in [1.807, 2.05) is 13.0 Å². The molecule has 7 heteroatoms. The molecule has 0 aliphatic carbocycles. The number of esters is 1. The number of amides is 1. The van der Waals surface area contributed by atoms with Gasteiger partial charge in [-0.1, -0.05) is 18.2 Å². The number of carbonyl (C=O) groups excluding carboxylic acids is 2. The van der Waals surface area contributed by atoms with Crippen LogP contribution in [0.15, 0.2) is 36.4 Å². The van der Waals surface area contributed by atoms with Crippen molar-refractivity contribution in [3.63, 3.8) is 0 Å². The summed E-state index contributed by atoms with van der Waals surface area (Å²) in [5, 5.41) is 2.94. The Labute approximate surface area is 182 Å². The summed E-state index contributed by atoms with van der Waals surface area (Å²) in [6.45, 7) is 7.51. The number of fused-ring (bicyclic) bond motifs is 1. The van der Waals surface area contributed by atoms with Gasteiger partial charge in [0.25, 0.3) is 0 Å². The lowest BCUT2D eigenvalue weighted by molar-refractivity contribution is -0.117. The van der Waals surface area contributed by atoms with Crippen molar-refractivity contribution in [3.05, 3.63) is 58.7 Å². The molecule has 2 aromatic carbocycles. The van der Waals surface area contributed by atoms with Crippen molar-refractivity contribution in [1.82, 2.24) is 9.80 Å². The molecule has 4 rings (SSSR count). The van der Waals surface area contributed by atoms with E-state index in [-0.39, 0.29) is 5.91 Å². The molecule has 164 valence electrons. The Hall–Kier alpha value is -2.90. The zero-order valence-electron chi connectivity index (χ0n) is 18.1. The lowest BCUT2D eigenvalue weighted by Gasteiger charge is -2.34. The van der Waals surface area contributed by atoms with Crippen LogP contribution < -0.4 is 10.1 Å². The van der Waals surface area contributed by atoms with Crippen LogP contribution in [0.2, 0.25) is 0 Å². The number of ether oxygens (including phenoxy) is 2. The van der Waals surface area contributed by atoms with Crippen molar-refractivity contribution in [1.29, 1.82) is 0 Å². The first kappa shape index (κ1) is 21.3. The molecule has 2 aromatic rings. The number of piperazine rings is 1. The number of rotatable bonds is 6. The number of nitrogens with one attached hydrogen (secondary N) is 1. The van der Waals surface area contributed by atoms with E-state index in [4.69, 9.17) is 9.47 Å². The maximum atomic E-state index is 12.6. The van der Waals surface area contributed by atoms with Crippen LogP contribution in [0.3, 0.4) is 0 Å². The number of hydrogen-bond acceptors (Lipinski definition) is 6. The number of benzene rings is 2. The lowest BCUT2D eigenvalue weighted by atomic mass is 10.1. The Morgan fingerprint density at radius 3 is 2.61 bits per heavy atom. The van der Waals surface area contributed by atoms with Crippen molar-refractivity contribution in [2.24, 2.45) is 0 Å². The largest absolute Gasteiger partial charge is 0.493 e. The van der Waals surface area contributed by atoms with E-state index in [1.54, 1.807) is 12.1 Å². The van der Waals surface area contributed by atoms with Crippen LogP contribution in [-0.2, 0) is 22.5 Å². The Bertz CT molecular complexity index is 967. The minimum Gasteiger partial charge on any atom is -0.493 e. The molecule has 0 atom stereocenters. The standard InChI is InChI=1S/C24H29N3O4/c1-17-3-5-20(24(29)30-2)14-21(17)25-23(28)16-27-10-8-26(9-11-27)15-18-4-6-22-19(13-18)7-12-31-22/h3-6,13-14H,7-12,15-16H2,1-2H3,(H,25,28). The van der Waals surface area contributed by atoms with Gasteiger partial charge in [0.2, 0.25) is 5.91 Å². The van der Waals surface area contributed by atoms with Crippen LogP contribution in [0.1, 0.15) is 27.0 Å². The fraction of sp³-hybridized carbons (Fsp3) is 0.417. The summed E-state index contributed by atoms with van der Waals surface area (Å²) >= 11 is 0. The van der Waals surface area contributed by atoms with Crippen molar-refractivity contribution in [2.45, 2.75) is 19.9 Å². The van der Waals surface area contributed by atoms with Crippen LogP contribution >= 0.6 is 0 Å². The highest BCUT2D eigenvalue weighted by Gasteiger charge is 2.20. The second kappa shape index (κ2) is 9.49. The third-order valence-corrected chi connectivity index (χ3v) is 5.92. The molecule has 2 aliphatic heterocycles. The molecule has 7 nitrogen and oxygen atoms in total. The average molecular weight is 424 g/mol. The van der Waals surface area contributed by atoms with Crippen molar-refractivity contribution in [2.75, 3.05) is 51.8 Å². The quantitative estimate of drug-likeness (QED) is 0.720. The predicted octanol–water partition coefficient (Wildman–Crippen LogP) is 2.47. The first-order valence-corrected chi connectivity index (χ1v) is 10.7. The number of nitrogens with zero attached hydrogens (tertiary/aromatic N) is 2. The Balaban J connectivity index is 1.26. The zero-order chi connectivity index (χ0) is 21.8. The molecule has 0 aromatic heterocycles. The van der Waals surface area contributed by atoms with Gasteiger partial charge >= 0.3 is 5.97 Å². The summed E-state index contributed by atoms with van der Waals surface area (Å²) in [5.74, 6) is 0.534. The molecule has 2 aliphatic rings. The van der Waals surface area contributed by atoms with Crippen LogP contribution in [0.5, 0.6) is 5.75 Å². The number of carbonyl (C=O) groups is 2. The summed E-state index contributed by atoms with van der Waals surface area (Å²) in [7, 11) is 1.35. The van der Waals surface area contributed by atoms with Gasteiger partial charge in [0, 0.05) is 44.8 Å². The average Bonchev–Trinajstić information content (AvgIpc) is 3.24. The van der Waals surface area contributed by atoms with Gasteiger partial charge in [-0.2, -0.15) is 0 Å². The van der Waals surface area contributed by atoms with Gasteiger partial charge in [-0.15, -0.1) is 0 Å². The van der Waals surface area contributed by atoms with Crippen LogP contribution in [0.4, 0.5) is 5.69 Å². The van der Waals surface area contributed by atoms with E-state index in [1.165, 1.54) is 18.2 Å². The van der Waals surface area contributed by atoms with Gasteiger partial charge in [0.05, 0.1) is 25.8 Å². The molecular weight excluding hydrogens is 394 g/mol. The predicted molar refractivity (Wildman–Crippen MR) is 119 cm³/mol. The summed E-state index contributed by atoms with van der Waals surface area (Å²) < 4.78 is 10.3. The Morgan fingerprint density at radius 1 is 1.06 bits per heavy atom.